The lowest BCUT2D eigenvalue weighted by Crippen LogP contribution is -2.15. The van der Waals surface area contributed by atoms with Crippen molar-refractivity contribution in [1.29, 1.82) is 0 Å². The van der Waals surface area contributed by atoms with Gasteiger partial charge in [-0.25, -0.2) is 0 Å². The second kappa shape index (κ2) is 5.84. The van der Waals surface area contributed by atoms with Crippen LogP contribution in [-0.4, -0.2) is 34.4 Å². The van der Waals surface area contributed by atoms with Crippen molar-refractivity contribution in [2.45, 2.75) is 33.3 Å². The molecule has 0 radical (unpaired) electrons. The normalized spacial score (nSPS) is 14.8. The van der Waals surface area contributed by atoms with Crippen molar-refractivity contribution in [1.82, 2.24) is 0 Å². The lowest BCUT2D eigenvalue weighted by atomic mass is 9.94. The van der Waals surface area contributed by atoms with Gasteiger partial charge in [0.15, 0.2) is 0 Å². The highest BCUT2D eigenvalue weighted by atomic mass is 32.2. The van der Waals surface area contributed by atoms with Crippen LogP contribution in [0.15, 0.2) is 0 Å². The van der Waals surface area contributed by atoms with Gasteiger partial charge in [-0.1, -0.05) is 20.8 Å². The third-order valence-corrected chi connectivity index (χ3v) is 2.63. The molecule has 12 heavy (non-hydrogen) atoms. The summed E-state index contributed by atoms with van der Waals surface area (Å²) in [7, 11) is 0. The molecule has 3 heteroatoms. The van der Waals surface area contributed by atoms with Gasteiger partial charge in [-0.15, -0.1) is 0 Å². The average Bonchev–Trinajstić information content (AvgIpc) is 1.96. The van der Waals surface area contributed by atoms with Gasteiger partial charge in [0.1, 0.15) is 0 Å². The minimum atomic E-state index is -0.546. The molecule has 0 aliphatic heterocycles. The Kier molecular flexibility index (Phi) is 5.97. The van der Waals surface area contributed by atoms with E-state index in [2.05, 4.69) is 20.8 Å². The summed E-state index contributed by atoms with van der Waals surface area (Å²) in [6.45, 7) is 6.49. The average molecular weight is 192 g/mol. The molecule has 0 bridgehead atoms. The Labute approximate surface area is 79.4 Å². The van der Waals surface area contributed by atoms with Crippen LogP contribution in [0.4, 0.5) is 0 Å². The van der Waals surface area contributed by atoms with Crippen molar-refractivity contribution >= 4 is 11.8 Å². The Bertz CT molecular complexity index is 110. The maximum absolute atomic E-state index is 9.02. The van der Waals surface area contributed by atoms with Crippen LogP contribution < -0.4 is 0 Å². The second-order valence-electron chi connectivity index (χ2n) is 4.22. The topological polar surface area (TPSA) is 40.5 Å². The molecule has 74 valence electrons. The molecule has 0 aromatic carbocycles. The van der Waals surface area contributed by atoms with Crippen molar-refractivity contribution in [3.8, 4) is 0 Å². The zero-order chi connectivity index (χ0) is 9.61. The van der Waals surface area contributed by atoms with Crippen molar-refractivity contribution in [2.24, 2.45) is 5.41 Å². The van der Waals surface area contributed by atoms with Gasteiger partial charge in [0.2, 0.25) is 0 Å². The highest BCUT2D eigenvalue weighted by Crippen LogP contribution is 2.21. The molecule has 0 amide bonds. The molecule has 0 aliphatic rings. The Balaban J connectivity index is 3.22. The van der Waals surface area contributed by atoms with Gasteiger partial charge >= 0.3 is 0 Å². The molecule has 0 rings (SSSR count). The van der Waals surface area contributed by atoms with E-state index in [4.69, 9.17) is 10.2 Å². The molecule has 0 aliphatic carbocycles. The number of rotatable bonds is 5. The van der Waals surface area contributed by atoms with E-state index in [1.165, 1.54) is 0 Å². The molecule has 1 unspecified atom stereocenters. The van der Waals surface area contributed by atoms with Gasteiger partial charge in [0.05, 0.1) is 12.7 Å². The van der Waals surface area contributed by atoms with Crippen molar-refractivity contribution < 1.29 is 10.2 Å². The number of hydrogen-bond acceptors (Lipinski definition) is 3. The summed E-state index contributed by atoms with van der Waals surface area (Å²) in [6, 6.07) is 0. The molecule has 0 saturated heterocycles. The molecule has 1 atom stereocenters. The van der Waals surface area contributed by atoms with Gasteiger partial charge in [-0.3, -0.25) is 0 Å². The van der Waals surface area contributed by atoms with E-state index in [0.29, 0.717) is 11.2 Å². The third kappa shape index (κ3) is 8.37. The summed E-state index contributed by atoms with van der Waals surface area (Å²) in [6.07, 6.45) is 0.602. The first-order valence-electron chi connectivity index (χ1n) is 4.32. The molecular formula is C9H20O2S. The number of hydrogen-bond donors (Lipinski definition) is 2. The predicted molar refractivity (Wildman–Crippen MR) is 54.5 cm³/mol. The standard InChI is InChI=1S/C9H20O2S/c1-9(2,3)4-5-12-7-8(11)6-10/h8,10-11H,4-7H2,1-3H3. The third-order valence-electron chi connectivity index (χ3n) is 1.52. The first-order chi connectivity index (χ1) is 5.45. The largest absolute Gasteiger partial charge is 0.394 e. The van der Waals surface area contributed by atoms with E-state index in [0.717, 1.165) is 12.2 Å². The van der Waals surface area contributed by atoms with E-state index in [1.54, 1.807) is 11.8 Å². The van der Waals surface area contributed by atoms with E-state index >= 15 is 0 Å². The SMILES string of the molecule is CC(C)(C)CCSCC(O)CO. The first-order valence-corrected chi connectivity index (χ1v) is 5.48. The molecule has 0 heterocycles. The second-order valence-corrected chi connectivity index (χ2v) is 5.37. The van der Waals surface area contributed by atoms with Crippen LogP contribution in [-0.2, 0) is 0 Å². The van der Waals surface area contributed by atoms with Crippen LogP contribution in [0.2, 0.25) is 0 Å². The minimum absolute atomic E-state index is 0.123. The van der Waals surface area contributed by atoms with Crippen LogP contribution >= 0.6 is 11.8 Å². The number of aliphatic hydroxyl groups is 2. The van der Waals surface area contributed by atoms with Gasteiger partial charge in [-0.05, 0) is 17.6 Å². The van der Waals surface area contributed by atoms with Crippen LogP contribution in [0, 0.1) is 5.41 Å². The first kappa shape index (κ1) is 12.3. The van der Waals surface area contributed by atoms with E-state index in [1.807, 2.05) is 0 Å². The van der Waals surface area contributed by atoms with Crippen molar-refractivity contribution in [2.75, 3.05) is 18.1 Å². The van der Waals surface area contributed by atoms with Gasteiger partial charge < -0.3 is 10.2 Å². The van der Waals surface area contributed by atoms with Crippen molar-refractivity contribution in [3.63, 3.8) is 0 Å². The van der Waals surface area contributed by atoms with Gasteiger partial charge in [0.25, 0.3) is 0 Å². The zero-order valence-corrected chi connectivity index (χ0v) is 9.02. The highest BCUT2D eigenvalue weighted by molar-refractivity contribution is 7.99. The van der Waals surface area contributed by atoms with Gasteiger partial charge in [-0.2, -0.15) is 11.8 Å². The molecule has 0 fully saturated rings. The Morgan fingerprint density at radius 2 is 1.92 bits per heavy atom. The highest BCUT2D eigenvalue weighted by Gasteiger charge is 2.09. The van der Waals surface area contributed by atoms with E-state index < -0.39 is 6.10 Å². The predicted octanol–water partition coefficient (Wildman–Crippen LogP) is 1.51. The fourth-order valence-electron chi connectivity index (χ4n) is 0.650. The number of aliphatic hydroxyl groups excluding tert-OH is 2. The minimum Gasteiger partial charge on any atom is -0.394 e. The smallest absolute Gasteiger partial charge is 0.0861 e. The molecule has 0 spiro atoms. The maximum atomic E-state index is 9.02. The summed E-state index contributed by atoms with van der Waals surface area (Å²) in [5.74, 6) is 1.70. The Hall–Kier alpha value is 0.270. The summed E-state index contributed by atoms with van der Waals surface area (Å²) in [4.78, 5) is 0. The summed E-state index contributed by atoms with van der Waals surface area (Å²) < 4.78 is 0. The van der Waals surface area contributed by atoms with Crippen LogP contribution in [0.3, 0.4) is 0 Å². The van der Waals surface area contributed by atoms with E-state index in [9.17, 15) is 0 Å². The summed E-state index contributed by atoms with van der Waals surface area (Å²) in [5.41, 5.74) is 0.372. The van der Waals surface area contributed by atoms with Crippen LogP contribution in [0.5, 0.6) is 0 Å². The number of thioether (sulfide) groups is 1. The molecular weight excluding hydrogens is 172 g/mol. The summed E-state index contributed by atoms with van der Waals surface area (Å²) in [5, 5.41) is 17.5. The summed E-state index contributed by atoms with van der Waals surface area (Å²) >= 11 is 1.70. The fraction of sp³-hybridized carbons (Fsp3) is 1.00. The molecule has 0 aromatic rings. The molecule has 2 N–H and O–H groups in total. The van der Waals surface area contributed by atoms with Gasteiger partial charge in [0, 0.05) is 5.75 Å². The quantitative estimate of drug-likeness (QED) is 0.649. The fourth-order valence-corrected chi connectivity index (χ4v) is 1.95. The lowest BCUT2D eigenvalue weighted by Gasteiger charge is -2.17. The molecule has 0 saturated carbocycles. The van der Waals surface area contributed by atoms with E-state index in [-0.39, 0.29) is 6.61 Å². The zero-order valence-electron chi connectivity index (χ0n) is 8.21. The van der Waals surface area contributed by atoms with Crippen LogP contribution in [0.25, 0.3) is 0 Å². The Morgan fingerprint density at radius 1 is 1.33 bits per heavy atom. The molecule has 2 nitrogen and oxygen atoms in total. The lowest BCUT2D eigenvalue weighted by molar-refractivity contribution is 0.113. The van der Waals surface area contributed by atoms with Crippen molar-refractivity contribution in [3.05, 3.63) is 0 Å². The Morgan fingerprint density at radius 3 is 2.33 bits per heavy atom. The monoisotopic (exact) mass is 192 g/mol. The molecule has 0 aromatic heterocycles. The maximum Gasteiger partial charge on any atom is 0.0861 e. The van der Waals surface area contributed by atoms with Crippen LogP contribution in [0.1, 0.15) is 27.2 Å².